The van der Waals surface area contributed by atoms with Crippen molar-refractivity contribution >= 4 is 40.4 Å². The highest BCUT2D eigenvalue weighted by atomic mass is 32.2. The van der Waals surface area contributed by atoms with Gasteiger partial charge in [-0.3, -0.25) is 4.79 Å². The van der Waals surface area contributed by atoms with Gasteiger partial charge in [0.05, 0.1) is 19.6 Å². The summed E-state index contributed by atoms with van der Waals surface area (Å²) in [5.74, 6) is -0.161. The molecular formula is C46H46O9S. The largest absolute Gasteiger partial charge is 0.508 e. The van der Waals surface area contributed by atoms with Crippen molar-refractivity contribution in [3.05, 3.63) is 144 Å². The fraction of sp³-hybridized carbons (Fsp3) is 0.326. The smallest absolute Gasteiger partial charge is 0.463 e. The van der Waals surface area contributed by atoms with Crippen LogP contribution in [0.15, 0.2) is 121 Å². The molecule has 5 atom stereocenters. The van der Waals surface area contributed by atoms with E-state index in [1.54, 1.807) is 0 Å². The molecule has 0 N–H and O–H groups in total. The summed E-state index contributed by atoms with van der Waals surface area (Å²) in [7, 11) is 0. The molecule has 5 aromatic rings. The molecule has 5 aromatic carbocycles. The van der Waals surface area contributed by atoms with Crippen LogP contribution in [-0.2, 0) is 51.2 Å². The summed E-state index contributed by atoms with van der Waals surface area (Å²) in [4.78, 5) is 38.2. The van der Waals surface area contributed by atoms with Crippen LogP contribution in [0.2, 0.25) is 0 Å². The van der Waals surface area contributed by atoms with Crippen LogP contribution in [0.3, 0.4) is 0 Å². The van der Waals surface area contributed by atoms with Crippen molar-refractivity contribution < 1.29 is 42.8 Å². The number of hydrogen-bond acceptors (Lipinski definition) is 10. The number of hydrogen-bond donors (Lipinski definition) is 0. The monoisotopic (exact) mass is 774 g/mol. The molecule has 1 fully saturated rings. The third-order valence-corrected chi connectivity index (χ3v) is 11.2. The fourth-order valence-electron chi connectivity index (χ4n) is 7.37. The van der Waals surface area contributed by atoms with Crippen molar-refractivity contribution in [3.8, 4) is 11.1 Å². The summed E-state index contributed by atoms with van der Waals surface area (Å²) < 4.78 is 37.8. The lowest BCUT2D eigenvalue weighted by molar-refractivity contribution is -0.242. The van der Waals surface area contributed by atoms with Crippen LogP contribution < -0.4 is 0 Å². The standard InChI is InChI=1S/C46H46O9S/c1-3-56-45-44(52-26-31-13-5-4-6-14-31)43(51-27-32-22-23-33-15-7-8-16-34(33)25-32)42(40(54-45)29-50-41(48)24-21-30(2)47)55-46(49)53-28-39-37-19-11-9-17-35(37)36-18-10-12-20-38(36)39/h4-20,22-23,25,39-40,42-45H,3,21,24,26-29H2,1-2H3/t40-,42-,43+,44-,45+/m1/s1. The van der Waals surface area contributed by atoms with Gasteiger partial charge in [-0.25, -0.2) is 4.79 Å². The number of ketones is 1. The molecule has 0 aromatic heterocycles. The average molecular weight is 775 g/mol. The number of fused-ring (bicyclic) bond motifs is 4. The van der Waals surface area contributed by atoms with Crippen LogP contribution >= 0.6 is 11.8 Å². The van der Waals surface area contributed by atoms with E-state index in [-0.39, 0.29) is 51.0 Å². The second-order valence-corrected chi connectivity index (χ2v) is 15.3. The van der Waals surface area contributed by atoms with Crippen molar-refractivity contribution in [2.24, 2.45) is 0 Å². The first-order valence-electron chi connectivity index (χ1n) is 19.1. The van der Waals surface area contributed by atoms with Gasteiger partial charge in [-0.2, -0.15) is 0 Å². The zero-order valence-corrected chi connectivity index (χ0v) is 32.4. The predicted molar refractivity (Wildman–Crippen MR) is 215 cm³/mol. The van der Waals surface area contributed by atoms with E-state index < -0.39 is 42.0 Å². The van der Waals surface area contributed by atoms with Crippen molar-refractivity contribution in [2.75, 3.05) is 19.0 Å². The molecule has 1 heterocycles. The van der Waals surface area contributed by atoms with Crippen molar-refractivity contribution in [1.82, 2.24) is 0 Å². The minimum atomic E-state index is -1.10. The minimum absolute atomic E-state index is 0.0516. The number of carbonyl (C=O) groups excluding carboxylic acids is 3. The van der Waals surface area contributed by atoms with E-state index in [0.29, 0.717) is 5.75 Å². The van der Waals surface area contributed by atoms with Crippen molar-refractivity contribution in [2.45, 2.75) is 75.7 Å². The molecule has 10 heteroatoms. The number of rotatable bonds is 16. The van der Waals surface area contributed by atoms with Crippen molar-refractivity contribution in [1.29, 1.82) is 0 Å². The second kappa shape index (κ2) is 18.8. The van der Waals surface area contributed by atoms with E-state index in [4.69, 9.17) is 28.4 Å². The number of esters is 1. The van der Waals surface area contributed by atoms with Crippen LogP contribution in [0.1, 0.15) is 54.9 Å². The maximum absolute atomic E-state index is 13.9. The van der Waals surface area contributed by atoms with Crippen LogP contribution in [0, 0.1) is 0 Å². The van der Waals surface area contributed by atoms with Gasteiger partial charge in [0.15, 0.2) is 6.10 Å². The van der Waals surface area contributed by atoms with Gasteiger partial charge in [0, 0.05) is 12.3 Å². The number of carbonyl (C=O) groups is 3. The van der Waals surface area contributed by atoms with Gasteiger partial charge in [0.1, 0.15) is 42.7 Å². The summed E-state index contributed by atoms with van der Waals surface area (Å²) in [6, 6.07) is 40.2. The highest BCUT2D eigenvalue weighted by molar-refractivity contribution is 7.99. The summed E-state index contributed by atoms with van der Waals surface area (Å²) in [6.07, 6.45) is -4.50. The van der Waals surface area contributed by atoms with Gasteiger partial charge in [-0.1, -0.05) is 122 Å². The maximum atomic E-state index is 13.9. The van der Waals surface area contributed by atoms with Crippen LogP contribution in [-0.4, -0.2) is 66.7 Å². The van der Waals surface area contributed by atoms with E-state index in [1.165, 1.54) is 18.7 Å². The molecule has 56 heavy (non-hydrogen) atoms. The molecule has 9 nitrogen and oxygen atoms in total. The van der Waals surface area contributed by atoms with Crippen LogP contribution in [0.5, 0.6) is 0 Å². The predicted octanol–water partition coefficient (Wildman–Crippen LogP) is 9.04. The van der Waals surface area contributed by atoms with E-state index in [2.05, 4.69) is 36.4 Å². The average Bonchev–Trinajstić information content (AvgIpc) is 3.54. The number of thioether (sulfide) groups is 1. The van der Waals surface area contributed by atoms with E-state index in [0.717, 1.165) is 44.2 Å². The zero-order valence-electron chi connectivity index (χ0n) is 31.5. The van der Waals surface area contributed by atoms with E-state index in [1.807, 2.05) is 91.9 Å². The third kappa shape index (κ3) is 9.50. The summed E-state index contributed by atoms with van der Waals surface area (Å²) >= 11 is 1.53. The molecule has 0 unspecified atom stereocenters. The normalized spacial score (nSPS) is 20.2. The van der Waals surface area contributed by atoms with Gasteiger partial charge in [-0.05, 0) is 62.9 Å². The van der Waals surface area contributed by atoms with Gasteiger partial charge in [0.2, 0.25) is 0 Å². The summed E-state index contributed by atoms with van der Waals surface area (Å²) in [6.45, 7) is 3.70. The SMILES string of the molecule is CCS[C@@H]1O[C@H](COC(=O)CCC(C)=O)[C@@H](OC(=O)OCC2c3ccccc3-c3ccccc32)[C@H](OCc2ccc3ccccc3c2)[C@H]1OCc1ccccc1. The summed E-state index contributed by atoms with van der Waals surface area (Å²) in [5, 5.41) is 2.17. The number of ether oxygens (including phenoxy) is 6. The van der Waals surface area contributed by atoms with E-state index in [9.17, 15) is 14.4 Å². The first-order valence-corrected chi connectivity index (χ1v) is 20.1. The molecule has 0 radical (unpaired) electrons. The Kier molecular flexibility index (Phi) is 13.1. The molecule has 2 aliphatic rings. The topological polar surface area (TPSA) is 107 Å². The Hall–Kier alpha value is -5.00. The lowest BCUT2D eigenvalue weighted by atomic mass is 9.98. The van der Waals surface area contributed by atoms with Gasteiger partial charge in [-0.15, -0.1) is 11.8 Å². The summed E-state index contributed by atoms with van der Waals surface area (Å²) in [5.41, 5.74) is 5.68. The van der Waals surface area contributed by atoms with E-state index >= 15 is 0 Å². The Labute approximate surface area is 331 Å². The first-order chi connectivity index (χ1) is 27.4. The molecular weight excluding hydrogens is 729 g/mol. The molecule has 0 saturated carbocycles. The van der Waals surface area contributed by atoms with Crippen LogP contribution in [0.4, 0.5) is 4.79 Å². The van der Waals surface area contributed by atoms with Crippen LogP contribution in [0.25, 0.3) is 21.9 Å². The Morgan fingerprint density at radius 2 is 1.29 bits per heavy atom. The van der Waals surface area contributed by atoms with Gasteiger partial charge >= 0.3 is 12.1 Å². The maximum Gasteiger partial charge on any atom is 0.508 e. The Balaban J connectivity index is 1.17. The molecule has 1 saturated heterocycles. The van der Waals surface area contributed by atoms with Crippen molar-refractivity contribution in [3.63, 3.8) is 0 Å². The Morgan fingerprint density at radius 1 is 0.643 bits per heavy atom. The van der Waals surface area contributed by atoms with Gasteiger partial charge < -0.3 is 33.2 Å². The number of benzene rings is 5. The minimum Gasteiger partial charge on any atom is -0.463 e. The molecule has 0 amide bonds. The fourth-order valence-corrected chi connectivity index (χ4v) is 8.34. The third-order valence-electron chi connectivity index (χ3n) is 10.1. The Bertz CT molecular complexity index is 2080. The zero-order chi connectivity index (χ0) is 38.9. The molecule has 1 aliphatic heterocycles. The molecule has 7 rings (SSSR count). The highest BCUT2D eigenvalue weighted by Crippen LogP contribution is 2.44. The molecule has 1 aliphatic carbocycles. The highest BCUT2D eigenvalue weighted by Gasteiger charge is 2.50. The number of Topliss-reactive ketones (excluding diaryl/α,β-unsaturated/α-hetero) is 1. The molecule has 0 spiro atoms. The molecule has 0 bridgehead atoms. The Morgan fingerprint density at radius 3 is 2.00 bits per heavy atom. The quantitative estimate of drug-likeness (QED) is 0.0902. The lowest BCUT2D eigenvalue weighted by Crippen LogP contribution is -2.61. The first kappa shape index (κ1) is 39.2. The molecule has 290 valence electrons. The lowest BCUT2D eigenvalue weighted by Gasteiger charge is -2.45. The second-order valence-electron chi connectivity index (χ2n) is 14.0. The van der Waals surface area contributed by atoms with Gasteiger partial charge in [0.25, 0.3) is 0 Å².